The molecule has 3 N–H and O–H groups in total. The van der Waals surface area contributed by atoms with Crippen molar-refractivity contribution in [2.24, 2.45) is 0 Å². The second kappa shape index (κ2) is 5.18. The van der Waals surface area contributed by atoms with Crippen LogP contribution in [0.3, 0.4) is 0 Å². The molecule has 1 aromatic heterocycles. The van der Waals surface area contributed by atoms with E-state index in [0.29, 0.717) is 18.9 Å². The lowest BCUT2D eigenvalue weighted by Crippen LogP contribution is -2.56. The topological polar surface area (TPSA) is 93.6 Å². The van der Waals surface area contributed by atoms with Gasteiger partial charge in [-0.25, -0.2) is 0 Å². The Labute approximate surface area is 111 Å². The van der Waals surface area contributed by atoms with Gasteiger partial charge in [0.1, 0.15) is 12.4 Å². The molecule has 2 heterocycles. The van der Waals surface area contributed by atoms with Crippen molar-refractivity contribution in [3.05, 3.63) is 12.3 Å². The van der Waals surface area contributed by atoms with E-state index in [1.54, 1.807) is 17.2 Å². The van der Waals surface area contributed by atoms with Crippen molar-refractivity contribution in [1.29, 1.82) is 0 Å². The number of amides is 1. The zero-order chi connectivity index (χ0) is 14.0. The van der Waals surface area contributed by atoms with Crippen LogP contribution >= 0.6 is 0 Å². The van der Waals surface area contributed by atoms with Gasteiger partial charge in [0.15, 0.2) is 0 Å². The van der Waals surface area contributed by atoms with Gasteiger partial charge in [0, 0.05) is 19.3 Å². The SMILES string of the molecule is CC1(C)CN(C(=O)Cn2ccc(N)n2)CC(CO)O1. The first kappa shape index (κ1) is 13.8. The molecule has 19 heavy (non-hydrogen) atoms. The van der Waals surface area contributed by atoms with Gasteiger partial charge in [0.25, 0.3) is 0 Å². The minimum atomic E-state index is -0.454. The molecule has 1 aliphatic rings. The van der Waals surface area contributed by atoms with Gasteiger partial charge < -0.3 is 20.5 Å². The van der Waals surface area contributed by atoms with E-state index in [2.05, 4.69) is 5.10 Å². The fourth-order valence-corrected chi connectivity index (χ4v) is 2.28. The number of nitrogen functional groups attached to an aromatic ring is 1. The molecule has 0 saturated carbocycles. The summed E-state index contributed by atoms with van der Waals surface area (Å²) < 4.78 is 7.18. The van der Waals surface area contributed by atoms with Gasteiger partial charge in [0.05, 0.1) is 18.3 Å². The number of carbonyl (C=O) groups is 1. The van der Waals surface area contributed by atoms with Crippen LogP contribution in [0, 0.1) is 0 Å². The Balaban J connectivity index is 2.01. The summed E-state index contributed by atoms with van der Waals surface area (Å²) in [6.45, 7) is 4.75. The van der Waals surface area contributed by atoms with Crippen molar-refractivity contribution in [2.75, 3.05) is 25.4 Å². The molecule has 0 aliphatic carbocycles. The van der Waals surface area contributed by atoms with Crippen LogP contribution in [0.2, 0.25) is 0 Å². The number of carbonyl (C=O) groups excluding carboxylic acids is 1. The highest BCUT2D eigenvalue weighted by Crippen LogP contribution is 2.21. The van der Waals surface area contributed by atoms with Crippen LogP contribution < -0.4 is 5.73 Å². The van der Waals surface area contributed by atoms with Crippen LogP contribution in [0.15, 0.2) is 12.3 Å². The van der Waals surface area contributed by atoms with E-state index in [4.69, 9.17) is 10.5 Å². The van der Waals surface area contributed by atoms with Gasteiger partial charge in [-0.2, -0.15) is 5.10 Å². The average Bonchev–Trinajstić information content (AvgIpc) is 2.72. The third-order valence-electron chi connectivity index (χ3n) is 3.00. The minimum absolute atomic E-state index is 0.0575. The molecule has 0 bridgehead atoms. The van der Waals surface area contributed by atoms with Crippen molar-refractivity contribution in [3.63, 3.8) is 0 Å². The maximum absolute atomic E-state index is 12.2. The molecule has 0 aromatic carbocycles. The predicted octanol–water partition coefficient (Wildman–Crippen LogP) is -0.536. The van der Waals surface area contributed by atoms with E-state index < -0.39 is 5.60 Å². The maximum atomic E-state index is 12.2. The number of morpholine rings is 1. The standard InChI is InChI=1S/C12H20N4O3/c1-12(2)8-15(5-9(7-17)19-12)11(18)6-16-4-3-10(13)14-16/h3-4,9,17H,5-8H2,1-2H3,(H2,13,14). The summed E-state index contributed by atoms with van der Waals surface area (Å²) in [5.74, 6) is 0.335. The number of anilines is 1. The Morgan fingerprint density at radius 1 is 1.68 bits per heavy atom. The molecule has 1 atom stereocenters. The molecule has 1 amide bonds. The van der Waals surface area contributed by atoms with Crippen LogP contribution in [0.1, 0.15) is 13.8 Å². The van der Waals surface area contributed by atoms with E-state index in [1.165, 1.54) is 4.68 Å². The lowest BCUT2D eigenvalue weighted by atomic mass is 10.1. The van der Waals surface area contributed by atoms with E-state index >= 15 is 0 Å². The van der Waals surface area contributed by atoms with Crippen molar-refractivity contribution in [3.8, 4) is 0 Å². The van der Waals surface area contributed by atoms with Crippen LogP contribution in [0.4, 0.5) is 5.82 Å². The van der Waals surface area contributed by atoms with Crippen molar-refractivity contribution >= 4 is 11.7 Å². The first-order valence-corrected chi connectivity index (χ1v) is 6.25. The highest BCUT2D eigenvalue weighted by atomic mass is 16.5. The number of hydrogen-bond acceptors (Lipinski definition) is 5. The fraction of sp³-hybridized carbons (Fsp3) is 0.667. The highest BCUT2D eigenvalue weighted by molar-refractivity contribution is 5.76. The number of rotatable bonds is 3. The highest BCUT2D eigenvalue weighted by Gasteiger charge is 2.35. The number of aliphatic hydroxyl groups excluding tert-OH is 1. The van der Waals surface area contributed by atoms with Gasteiger partial charge in [-0.15, -0.1) is 0 Å². The number of nitrogens with zero attached hydrogens (tertiary/aromatic N) is 3. The molecular formula is C12H20N4O3. The van der Waals surface area contributed by atoms with Gasteiger partial charge >= 0.3 is 0 Å². The Kier molecular flexibility index (Phi) is 3.77. The van der Waals surface area contributed by atoms with Gasteiger partial charge in [-0.1, -0.05) is 0 Å². The molecule has 0 spiro atoms. The summed E-state index contributed by atoms with van der Waals surface area (Å²) in [6, 6.07) is 1.65. The first-order valence-electron chi connectivity index (χ1n) is 6.25. The smallest absolute Gasteiger partial charge is 0.244 e. The van der Waals surface area contributed by atoms with Crippen molar-refractivity contribution < 1.29 is 14.6 Å². The lowest BCUT2D eigenvalue weighted by molar-refractivity contribution is -0.167. The zero-order valence-electron chi connectivity index (χ0n) is 11.2. The van der Waals surface area contributed by atoms with Crippen LogP contribution in [-0.4, -0.2) is 57.1 Å². The Hall–Kier alpha value is -1.60. The molecule has 7 heteroatoms. The molecule has 1 aromatic rings. The Morgan fingerprint density at radius 2 is 2.42 bits per heavy atom. The van der Waals surface area contributed by atoms with E-state index in [9.17, 15) is 9.90 Å². The summed E-state index contributed by atoms with van der Waals surface area (Å²) in [6.07, 6.45) is 1.33. The van der Waals surface area contributed by atoms with E-state index in [1.807, 2.05) is 13.8 Å². The van der Waals surface area contributed by atoms with Crippen LogP contribution in [0.25, 0.3) is 0 Å². The maximum Gasteiger partial charge on any atom is 0.244 e. The summed E-state index contributed by atoms with van der Waals surface area (Å²) in [4.78, 5) is 13.9. The Morgan fingerprint density at radius 3 is 3.00 bits per heavy atom. The normalized spacial score (nSPS) is 22.5. The number of aliphatic hydroxyl groups is 1. The zero-order valence-corrected chi connectivity index (χ0v) is 11.2. The quantitative estimate of drug-likeness (QED) is 0.768. The van der Waals surface area contributed by atoms with Gasteiger partial charge in [-0.3, -0.25) is 9.48 Å². The lowest BCUT2D eigenvalue weighted by Gasteiger charge is -2.42. The molecule has 1 fully saturated rings. The molecule has 7 nitrogen and oxygen atoms in total. The van der Waals surface area contributed by atoms with Crippen LogP contribution in [0.5, 0.6) is 0 Å². The van der Waals surface area contributed by atoms with E-state index in [0.717, 1.165) is 0 Å². The summed E-state index contributed by atoms with van der Waals surface area (Å²) in [5, 5.41) is 13.2. The molecule has 1 saturated heterocycles. The largest absolute Gasteiger partial charge is 0.394 e. The molecule has 0 radical (unpaired) electrons. The third-order valence-corrected chi connectivity index (χ3v) is 3.00. The molecule has 106 valence electrons. The first-order chi connectivity index (χ1) is 8.89. The molecule has 2 rings (SSSR count). The number of nitrogens with two attached hydrogens (primary N) is 1. The average molecular weight is 268 g/mol. The molecular weight excluding hydrogens is 248 g/mol. The monoisotopic (exact) mass is 268 g/mol. The predicted molar refractivity (Wildman–Crippen MR) is 69.3 cm³/mol. The number of ether oxygens (including phenoxy) is 1. The summed E-state index contributed by atoms with van der Waals surface area (Å²) in [7, 11) is 0. The van der Waals surface area contributed by atoms with Gasteiger partial charge in [-0.05, 0) is 19.9 Å². The summed E-state index contributed by atoms with van der Waals surface area (Å²) in [5.41, 5.74) is 5.06. The molecule has 1 aliphatic heterocycles. The van der Waals surface area contributed by atoms with Gasteiger partial charge in [0.2, 0.25) is 5.91 Å². The fourth-order valence-electron chi connectivity index (χ4n) is 2.28. The van der Waals surface area contributed by atoms with Crippen molar-refractivity contribution in [2.45, 2.75) is 32.1 Å². The number of hydrogen-bond donors (Lipinski definition) is 2. The summed E-state index contributed by atoms with van der Waals surface area (Å²) >= 11 is 0. The Bertz CT molecular complexity index is 458. The second-order valence-corrected chi connectivity index (χ2v) is 5.39. The third kappa shape index (κ3) is 3.45. The van der Waals surface area contributed by atoms with Crippen LogP contribution in [-0.2, 0) is 16.1 Å². The van der Waals surface area contributed by atoms with Crippen molar-refractivity contribution in [1.82, 2.24) is 14.7 Å². The second-order valence-electron chi connectivity index (χ2n) is 5.39. The number of aromatic nitrogens is 2. The van der Waals surface area contributed by atoms with E-state index in [-0.39, 0.29) is 25.2 Å². The molecule has 1 unspecified atom stereocenters. The minimum Gasteiger partial charge on any atom is -0.394 e.